The first-order valence-corrected chi connectivity index (χ1v) is 10.2. The van der Waals surface area contributed by atoms with E-state index in [1.165, 1.54) is 12.8 Å². The zero-order valence-electron chi connectivity index (χ0n) is 16.3. The van der Waals surface area contributed by atoms with E-state index in [0.29, 0.717) is 18.1 Å². The van der Waals surface area contributed by atoms with Gasteiger partial charge in [-0.1, -0.05) is 68.5 Å². The van der Waals surface area contributed by atoms with E-state index in [9.17, 15) is 9.59 Å². The first-order chi connectivity index (χ1) is 13.6. The van der Waals surface area contributed by atoms with Gasteiger partial charge < -0.3 is 9.47 Å². The van der Waals surface area contributed by atoms with Gasteiger partial charge >= 0.3 is 11.9 Å². The van der Waals surface area contributed by atoms with Crippen LogP contribution < -0.4 is 0 Å². The predicted octanol–water partition coefficient (Wildman–Crippen LogP) is 5.87. The average molecular weight is 403 g/mol. The molecule has 0 aromatic heterocycles. The molecule has 0 aliphatic heterocycles. The largest absolute Gasteiger partial charge is 0.462 e. The zero-order chi connectivity index (χ0) is 20.2. The van der Waals surface area contributed by atoms with Crippen molar-refractivity contribution in [3.05, 3.63) is 70.2 Å². The normalized spacial score (nSPS) is 10.5. The summed E-state index contributed by atoms with van der Waals surface area (Å²) >= 11 is 5.86. The van der Waals surface area contributed by atoms with E-state index in [0.717, 1.165) is 24.8 Å². The molecule has 4 nitrogen and oxygen atoms in total. The molecule has 5 heteroatoms. The van der Waals surface area contributed by atoms with Gasteiger partial charge in [0.15, 0.2) is 0 Å². The molecular formula is C23H27ClO4. The van der Waals surface area contributed by atoms with Crippen LogP contribution in [0.1, 0.15) is 65.3 Å². The number of unbranched alkanes of at least 4 members (excludes halogenated alkanes) is 4. The van der Waals surface area contributed by atoms with E-state index in [-0.39, 0.29) is 17.7 Å². The summed E-state index contributed by atoms with van der Waals surface area (Å²) in [7, 11) is 0. The van der Waals surface area contributed by atoms with Crippen LogP contribution in [-0.4, -0.2) is 25.2 Å². The molecule has 0 saturated heterocycles. The van der Waals surface area contributed by atoms with E-state index < -0.39 is 11.9 Å². The van der Waals surface area contributed by atoms with Crippen LogP contribution in [0.2, 0.25) is 5.02 Å². The lowest BCUT2D eigenvalue weighted by Gasteiger charge is -2.10. The molecule has 0 atom stereocenters. The van der Waals surface area contributed by atoms with Crippen molar-refractivity contribution < 1.29 is 19.1 Å². The topological polar surface area (TPSA) is 52.6 Å². The fraction of sp³-hybridized carbons (Fsp3) is 0.391. The van der Waals surface area contributed by atoms with Crippen LogP contribution in [0.5, 0.6) is 0 Å². The minimum atomic E-state index is -0.524. The van der Waals surface area contributed by atoms with E-state index in [2.05, 4.69) is 6.92 Å². The molecule has 0 bridgehead atoms. The molecule has 0 N–H and O–H groups in total. The van der Waals surface area contributed by atoms with Crippen molar-refractivity contribution in [3.63, 3.8) is 0 Å². The second kappa shape index (κ2) is 12.2. The highest BCUT2D eigenvalue weighted by Crippen LogP contribution is 2.14. The molecule has 0 spiro atoms. The standard InChI is InChI=1S/C23H27ClO4/c1-2-3-4-5-8-16-27-22(25)20-9-6-7-10-21(20)23(26)28-17-15-18-11-13-19(24)14-12-18/h6-7,9-14H,2-5,8,15-17H2,1H3. The molecule has 0 aliphatic carbocycles. The lowest BCUT2D eigenvalue weighted by atomic mass is 10.1. The molecular weight excluding hydrogens is 376 g/mol. The maximum atomic E-state index is 12.4. The number of hydrogen-bond acceptors (Lipinski definition) is 4. The minimum Gasteiger partial charge on any atom is -0.462 e. The van der Waals surface area contributed by atoms with Crippen molar-refractivity contribution in [3.8, 4) is 0 Å². The third-order valence-electron chi connectivity index (χ3n) is 4.39. The molecule has 0 radical (unpaired) electrons. The monoisotopic (exact) mass is 402 g/mol. The van der Waals surface area contributed by atoms with Crippen LogP contribution in [0, 0.1) is 0 Å². The summed E-state index contributed by atoms with van der Waals surface area (Å²) in [5.41, 5.74) is 1.50. The van der Waals surface area contributed by atoms with Gasteiger partial charge in [0.2, 0.25) is 0 Å². The summed E-state index contributed by atoms with van der Waals surface area (Å²) in [5, 5.41) is 0.665. The number of benzene rings is 2. The van der Waals surface area contributed by atoms with Gasteiger partial charge in [-0.05, 0) is 36.2 Å². The fourth-order valence-electron chi connectivity index (χ4n) is 2.78. The van der Waals surface area contributed by atoms with Crippen LogP contribution in [0.4, 0.5) is 0 Å². The number of carbonyl (C=O) groups is 2. The lowest BCUT2D eigenvalue weighted by Crippen LogP contribution is -2.15. The van der Waals surface area contributed by atoms with Gasteiger partial charge in [0, 0.05) is 11.4 Å². The summed E-state index contributed by atoms with van der Waals surface area (Å²) < 4.78 is 10.7. The fourth-order valence-corrected chi connectivity index (χ4v) is 2.90. The van der Waals surface area contributed by atoms with Crippen molar-refractivity contribution in [2.75, 3.05) is 13.2 Å². The van der Waals surface area contributed by atoms with Crippen molar-refractivity contribution in [1.29, 1.82) is 0 Å². The summed E-state index contributed by atoms with van der Waals surface area (Å²) in [5.74, 6) is -1.01. The number of carbonyl (C=O) groups excluding carboxylic acids is 2. The SMILES string of the molecule is CCCCCCCOC(=O)c1ccccc1C(=O)OCCc1ccc(Cl)cc1. The Labute approximate surface area is 171 Å². The average Bonchev–Trinajstić information content (AvgIpc) is 2.72. The molecule has 2 rings (SSSR count). The second-order valence-electron chi connectivity index (χ2n) is 6.61. The molecule has 0 unspecified atom stereocenters. The molecule has 0 heterocycles. The van der Waals surface area contributed by atoms with Crippen molar-refractivity contribution in [2.45, 2.75) is 45.4 Å². The van der Waals surface area contributed by atoms with Gasteiger partial charge in [0.05, 0.1) is 24.3 Å². The van der Waals surface area contributed by atoms with E-state index in [4.69, 9.17) is 21.1 Å². The molecule has 150 valence electrons. The second-order valence-corrected chi connectivity index (χ2v) is 7.04. The quantitative estimate of drug-likeness (QED) is 0.348. The smallest absolute Gasteiger partial charge is 0.339 e. The Bertz CT molecular complexity index is 755. The van der Waals surface area contributed by atoms with E-state index in [1.807, 2.05) is 12.1 Å². The molecule has 2 aromatic rings. The Kier molecular flexibility index (Phi) is 9.56. The van der Waals surface area contributed by atoms with Gasteiger partial charge in [0.25, 0.3) is 0 Å². The molecule has 0 saturated carbocycles. The summed E-state index contributed by atoms with van der Waals surface area (Å²) in [6.07, 6.45) is 5.96. The maximum absolute atomic E-state index is 12.4. The predicted molar refractivity (Wildman–Crippen MR) is 111 cm³/mol. The number of ether oxygens (including phenoxy) is 2. The first kappa shape index (κ1) is 22.0. The number of esters is 2. The van der Waals surface area contributed by atoms with Crippen LogP contribution in [-0.2, 0) is 15.9 Å². The number of halogens is 1. The highest BCUT2D eigenvalue weighted by molar-refractivity contribution is 6.30. The van der Waals surface area contributed by atoms with Crippen LogP contribution in [0.3, 0.4) is 0 Å². The van der Waals surface area contributed by atoms with Crippen molar-refractivity contribution >= 4 is 23.5 Å². The maximum Gasteiger partial charge on any atom is 0.339 e. The lowest BCUT2D eigenvalue weighted by molar-refractivity contribution is 0.0456. The van der Waals surface area contributed by atoms with Gasteiger partial charge in [-0.25, -0.2) is 9.59 Å². The molecule has 0 aliphatic rings. The van der Waals surface area contributed by atoms with Gasteiger partial charge in [-0.15, -0.1) is 0 Å². The number of hydrogen-bond donors (Lipinski definition) is 0. The number of rotatable bonds is 11. The minimum absolute atomic E-state index is 0.223. The van der Waals surface area contributed by atoms with Crippen molar-refractivity contribution in [2.24, 2.45) is 0 Å². The van der Waals surface area contributed by atoms with Gasteiger partial charge in [0.1, 0.15) is 0 Å². The molecule has 2 aromatic carbocycles. The summed E-state index contributed by atoms with van der Waals surface area (Å²) in [6.45, 7) is 2.75. The molecule has 0 fully saturated rings. The Hall–Kier alpha value is -2.33. The first-order valence-electron chi connectivity index (χ1n) is 9.79. The Morgan fingerprint density at radius 1 is 0.786 bits per heavy atom. The Morgan fingerprint density at radius 2 is 1.36 bits per heavy atom. The Balaban J connectivity index is 1.84. The van der Waals surface area contributed by atoms with Crippen LogP contribution in [0.25, 0.3) is 0 Å². The van der Waals surface area contributed by atoms with Crippen LogP contribution >= 0.6 is 11.6 Å². The third kappa shape index (κ3) is 7.35. The van der Waals surface area contributed by atoms with E-state index in [1.54, 1.807) is 36.4 Å². The summed E-state index contributed by atoms with van der Waals surface area (Å²) in [4.78, 5) is 24.8. The van der Waals surface area contributed by atoms with Crippen molar-refractivity contribution in [1.82, 2.24) is 0 Å². The highest BCUT2D eigenvalue weighted by Gasteiger charge is 2.18. The molecule has 0 amide bonds. The van der Waals surface area contributed by atoms with Gasteiger partial charge in [-0.2, -0.15) is 0 Å². The highest BCUT2D eigenvalue weighted by atomic mass is 35.5. The Morgan fingerprint density at radius 3 is 1.96 bits per heavy atom. The summed E-state index contributed by atoms with van der Waals surface area (Å²) in [6, 6.07) is 14.0. The van der Waals surface area contributed by atoms with E-state index >= 15 is 0 Å². The van der Waals surface area contributed by atoms with Crippen LogP contribution in [0.15, 0.2) is 48.5 Å². The zero-order valence-corrected chi connectivity index (χ0v) is 17.0. The third-order valence-corrected chi connectivity index (χ3v) is 4.64. The van der Waals surface area contributed by atoms with Gasteiger partial charge in [-0.3, -0.25) is 0 Å². The molecule has 28 heavy (non-hydrogen) atoms.